The Hall–Kier alpha value is -4.11. The summed E-state index contributed by atoms with van der Waals surface area (Å²) in [5.74, 6) is 1.11. The van der Waals surface area contributed by atoms with E-state index in [0.717, 1.165) is 37.4 Å². The first-order chi connectivity index (χ1) is 18.0. The molecule has 0 atom stereocenters. The fourth-order valence-electron chi connectivity index (χ4n) is 4.80. The van der Waals surface area contributed by atoms with Gasteiger partial charge in [0.15, 0.2) is 0 Å². The first-order valence-electron chi connectivity index (χ1n) is 12.6. The molecule has 9 heteroatoms. The monoisotopic (exact) mass is 500 g/mol. The molecule has 2 aliphatic heterocycles. The van der Waals surface area contributed by atoms with Crippen molar-refractivity contribution < 1.29 is 14.3 Å². The second-order valence-corrected chi connectivity index (χ2v) is 9.16. The zero-order chi connectivity index (χ0) is 25.9. The van der Waals surface area contributed by atoms with Crippen molar-refractivity contribution in [3.05, 3.63) is 65.9 Å². The summed E-state index contributed by atoms with van der Waals surface area (Å²) in [7, 11) is 3.70. The smallest absolute Gasteiger partial charge is 0.260 e. The first kappa shape index (κ1) is 24.6. The van der Waals surface area contributed by atoms with Crippen LogP contribution < -0.4 is 25.2 Å². The number of nitrogens with zero attached hydrogens (tertiary/aromatic N) is 4. The van der Waals surface area contributed by atoms with Crippen LogP contribution in [0.3, 0.4) is 0 Å². The van der Waals surface area contributed by atoms with Gasteiger partial charge in [0.25, 0.3) is 11.8 Å². The Labute approximate surface area is 217 Å². The molecule has 2 N–H and O–H groups in total. The van der Waals surface area contributed by atoms with E-state index in [1.54, 1.807) is 24.2 Å². The highest BCUT2D eigenvalue weighted by Gasteiger charge is 2.28. The lowest BCUT2D eigenvalue weighted by molar-refractivity contribution is 0.0765. The molecule has 37 heavy (non-hydrogen) atoms. The van der Waals surface area contributed by atoms with Gasteiger partial charge < -0.3 is 30.1 Å². The van der Waals surface area contributed by atoms with E-state index in [0.29, 0.717) is 47.2 Å². The molecule has 1 saturated heterocycles. The molecule has 0 aliphatic carbocycles. The first-order valence-corrected chi connectivity index (χ1v) is 12.6. The third kappa shape index (κ3) is 4.82. The number of rotatable bonds is 5. The van der Waals surface area contributed by atoms with Crippen LogP contribution >= 0.6 is 0 Å². The quantitative estimate of drug-likeness (QED) is 0.547. The standard InChI is InChI=1S/C28H32N6O3/c1-4-37-25-16-19(27(35)34-14-7-12-29-13-15-34)10-11-21(25)31-26-17-23-24(18-30-26)33(3)28(36)20-8-5-6-9-22(20)32(23)2/h5-6,8-11,16-18,29H,4,7,12-15H2,1-3H3,(H,30,31). The van der Waals surface area contributed by atoms with Crippen LogP contribution in [0.15, 0.2) is 54.7 Å². The van der Waals surface area contributed by atoms with Crippen molar-refractivity contribution in [1.29, 1.82) is 0 Å². The molecule has 9 nitrogen and oxygen atoms in total. The lowest BCUT2D eigenvalue weighted by atomic mass is 10.1. The Morgan fingerprint density at radius 2 is 1.86 bits per heavy atom. The Morgan fingerprint density at radius 3 is 2.70 bits per heavy atom. The lowest BCUT2D eigenvalue weighted by Gasteiger charge is -2.23. The zero-order valence-electron chi connectivity index (χ0n) is 21.5. The minimum absolute atomic E-state index is 0.00681. The Kier molecular flexibility index (Phi) is 6.96. The van der Waals surface area contributed by atoms with Crippen molar-refractivity contribution in [1.82, 2.24) is 15.2 Å². The molecule has 0 spiro atoms. The van der Waals surface area contributed by atoms with E-state index in [2.05, 4.69) is 15.6 Å². The highest BCUT2D eigenvalue weighted by Crippen LogP contribution is 2.40. The molecule has 1 fully saturated rings. The highest BCUT2D eigenvalue weighted by molar-refractivity contribution is 6.13. The van der Waals surface area contributed by atoms with Crippen LogP contribution in [-0.2, 0) is 0 Å². The van der Waals surface area contributed by atoms with Gasteiger partial charge in [-0.2, -0.15) is 0 Å². The second kappa shape index (κ2) is 10.5. The molecular weight excluding hydrogens is 468 g/mol. The van der Waals surface area contributed by atoms with E-state index in [-0.39, 0.29) is 11.8 Å². The van der Waals surface area contributed by atoms with Crippen molar-refractivity contribution in [3.63, 3.8) is 0 Å². The molecule has 0 unspecified atom stereocenters. The normalized spacial score (nSPS) is 15.4. The molecule has 0 saturated carbocycles. The SMILES string of the molecule is CCOc1cc(C(=O)N2CCCNCC2)ccc1Nc1cc2c(cn1)N(C)C(=O)c1ccccc1N2C. The third-order valence-corrected chi connectivity index (χ3v) is 6.80. The number of pyridine rings is 1. The van der Waals surface area contributed by atoms with Crippen molar-refractivity contribution in [2.24, 2.45) is 0 Å². The van der Waals surface area contributed by atoms with Gasteiger partial charge in [0.05, 0.1) is 41.1 Å². The summed E-state index contributed by atoms with van der Waals surface area (Å²) in [5, 5.41) is 6.68. The van der Waals surface area contributed by atoms with Crippen LogP contribution in [0.4, 0.5) is 28.6 Å². The van der Waals surface area contributed by atoms with Gasteiger partial charge in [0.1, 0.15) is 11.6 Å². The molecule has 5 rings (SSSR count). The average Bonchev–Trinajstić information content (AvgIpc) is 3.25. The number of ether oxygens (including phenoxy) is 1. The van der Waals surface area contributed by atoms with Gasteiger partial charge in [-0.15, -0.1) is 0 Å². The van der Waals surface area contributed by atoms with Crippen molar-refractivity contribution in [2.45, 2.75) is 13.3 Å². The van der Waals surface area contributed by atoms with E-state index in [1.165, 1.54) is 0 Å². The molecule has 0 radical (unpaired) electrons. The van der Waals surface area contributed by atoms with Crippen LogP contribution in [0.5, 0.6) is 5.75 Å². The summed E-state index contributed by atoms with van der Waals surface area (Å²) < 4.78 is 5.91. The number of carbonyl (C=O) groups excluding carboxylic acids is 2. The fourth-order valence-corrected chi connectivity index (χ4v) is 4.80. The zero-order valence-corrected chi connectivity index (χ0v) is 21.5. The molecule has 2 aromatic carbocycles. The van der Waals surface area contributed by atoms with Crippen LogP contribution in [-0.4, -0.2) is 68.6 Å². The summed E-state index contributed by atoms with van der Waals surface area (Å²) in [6.45, 7) is 5.53. The molecule has 0 bridgehead atoms. The number of hydrogen-bond acceptors (Lipinski definition) is 7. The Morgan fingerprint density at radius 1 is 1.03 bits per heavy atom. The van der Waals surface area contributed by atoms with Gasteiger partial charge in [0.2, 0.25) is 0 Å². The van der Waals surface area contributed by atoms with Crippen LogP contribution in [0, 0.1) is 0 Å². The van der Waals surface area contributed by atoms with Crippen molar-refractivity contribution in [3.8, 4) is 5.75 Å². The maximum Gasteiger partial charge on any atom is 0.260 e. The molecule has 2 aliphatic rings. The number of nitrogens with one attached hydrogen (secondary N) is 2. The van der Waals surface area contributed by atoms with Gasteiger partial charge in [-0.3, -0.25) is 9.59 Å². The largest absolute Gasteiger partial charge is 0.492 e. The molecular formula is C28H32N6O3. The fraction of sp³-hybridized carbons (Fsp3) is 0.321. The maximum absolute atomic E-state index is 13.1. The number of carbonyl (C=O) groups is 2. The van der Waals surface area contributed by atoms with Crippen molar-refractivity contribution in [2.75, 3.05) is 62.0 Å². The van der Waals surface area contributed by atoms with Crippen LogP contribution in [0.2, 0.25) is 0 Å². The molecule has 1 aromatic heterocycles. The molecule has 3 heterocycles. The second-order valence-electron chi connectivity index (χ2n) is 9.16. The Bertz CT molecular complexity index is 1320. The lowest BCUT2D eigenvalue weighted by Crippen LogP contribution is -2.34. The van der Waals surface area contributed by atoms with Gasteiger partial charge in [0, 0.05) is 45.4 Å². The summed E-state index contributed by atoms with van der Waals surface area (Å²) >= 11 is 0. The number of hydrogen-bond donors (Lipinski definition) is 2. The van der Waals surface area contributed by atoms with E-state index in [4.69, 9.17) is 4.74 Å². The van der Waals surface area contributed by atoms with Crippen molar-refractivity contribution >= 4 is 40.4 Å². The van der Waals surface area contributed by atoms with E-state index < -0.39 is 0 Å². The van der Waals surface area contributed by atoms with Crippen LogP contribution in [0.25, 0.3) is 0 Å². The minimum atomic E-state index is -0.0808. The highest BCUT2D eigenvalue weighted by atomic mass is 16.5. The van der Waals surface area contributed by atoms with Gasteiger partial charge in [-0.1, -0.05) is 12.1 Å². The van der Waals surface area contributed by atoms with Gasteiger partial charge in [-0.05, 0) is 50.2 Å². The predicted molar refractivity (Wildman–Crippen MR) is 146 cm³/mol. The van der Waals surface area contributed by atoms with Gasteiger partial charge in [-0.25, -0.2) is 4.98 Å². The summed E-state index contributed by atoms with van der Waals surface area (Å²) in [4.78, 5) is 36.3. The van der Waals surface area contributed by atoms with E-state index >= 15 is 0 Å². The maximum atomic E-state index is 13.1. The topological polar surface area (TPSA) is 90.0 Å². The number of anilines is 5. The summed E-state index contributed by atoms with van der Waals surface area (Å²) in [6, 6.07) is 15.0. The number of benzene rings is 2. The predicted octanol–water partition coefficient (Wildman–Crippen LogP) is 4.02. The minimum Gasteiger partial charge on any atom is -0.492 e. The van der Waals surface area contributed by atoms with Crippen LogP contribution in [0.1, 0.15) is 34.1 Å². The summed E-state index contributed by atoms with van der Waals surface area (Å²) in [5.41, 5.74) is 4.34. The molecule has 2 amide bonds. The van der Waals surface area contributed by atoms with E-state index in [9.17, 15) is 9.59 Å². The number of aromatic nitrogens is 1. The van der Waals surface area contributed by atoms with E-state index in [1.807, 2.05) is 66.2 Å². The number of fused-ring (bicyclic) bond motifs is 2. The third-order valence-electron chi connectivity index (χ3n) is 6.80. The number of amides is 2. The van der Waals surface area contributed by atoms with Gasteiger partial charge >= 0.3 is 0 Å². The summed E-state index contributed by atoms with van der Waals surface area (Å²) in [6.07, 6.45) is 2.64. The molecule has 3 aromatic rings. The number of para-hydroxylation sites is 1. The Balaban J connectivity index is 1.45. The molecule has 192 valence electrons. The average molecular weight is 501 g/mol.